The van der Waals surface area contributed by atoms with Crippen LogP contribution in [-0.4, -0.2) is 57.5 Å². The van der Waals surface area contributed by atoms with Crippen molar-refractivity contribution in [2.45, 2.75) is 63.3 Å². The summed E-state index contributed by atoms with van der Waals surface area (Å²) in [5.74, 6) is 2.48. The number of hydrogen-bond acceptors (Lipinski definition) is 9. The van der Waals surface area contributed by atoms with Gasteiger partial charge in [0.05, 0.1) is 5.56 Å². The maximum absolute atomic E-state index is 13.6. The quantitative estimate of drug-likeness (QED) is 0.206. The topological polar surface area (TPSA) is 159 Å². The molecule has 0 atom stereocenters. The van der Waals surface area contributed by atoms with E-state index in [0.29, 0.717) is 40.4 Å². The van der Waals surface area contributed by atoms with Crippen molar-refractivity contribution in [3.8, 4) is 0 Å². The van der Waals surface area contributed by atoms with Crippen LogP contribution in [0.25, 0.3) is 0 Å². The van der Waals surface area contributed by atoms with Crippen LogP contribution in [0.1, 0.15) is 78.0 Å². The minimum Gasteiger partial charge on any atom is -0.710 e. The lowest BCUT2D eigenvalue weighted by molar-refractivity contribution is -0.603. The second-order valence-electron chi connectivity index (χ2n) is 11.0. The van der Waals surface area contributed by atoms with Gasteiger partial charge in [-0.3, -0.25) is 9.59 Å². The summed E-state index contributed by atoms with van der Waals surface area (Å²) in [5, 5.41) is 30.0. The Bertz CT molecular complexity index is 1400. The number of amides is 1. The van der Waals surface area contributed by atoms with Crippen molar-refractivity contribution in [3.63, 3.8) is 0 Å². The van der Waals surface area contributed by atoms with E-state index in [9.17, 15) is 10.0 Å². The van der Waals surface area contributed by atoms with Gasteiger partial charge in [-0.25, -0.2) is 20.0 Å². The molecule has 3 aromatic heterocycles. The van der Waals surface area contributed by atoms with E-state index in [-0.39, 0.29) is 12.4 Å². The number of nitrogens with one attached hydrogen (secondary N) is 3. The van der Waals surface area contributed by atoms with Gasteiger partial charge in [0.15, 0.2) is 0 Å². The number of aryl methyl sites for hydroxylation is 1. The molecule has 1 saturated heterocycles. The first-order chi connectivity index (χ1) is 19.8. The molecular weight excluding hydrogens is 524 g/mol. The maximum Gasteiger partial charge on any atom is 0.290 e. The molecule has 1 aliphatic carbocycles. The van der Waals surface area contributed by atoms with E-state index in [1.165, 1.54) is 11.9 Å². The Labute approximate surface area is 238 Å². The third kappa shape index (κ3) is 5.92. The summed E-state index contributed by atoms with van der Waals surface area (Å²) in [6.07, 6.45) is 10.4. The number of pyridine rings is 2. The van der Waals surface area contributed by atoms with Crippen LogP contribution in [0.4, 0.5) is 23.3 Å². The number of piperidine rings is 1. The largest absolute Gasteiger partial charge is 0.710 e. The van der Waals surface area contributed by atoms with Gasteiger partial charge in [-0.2, -0.15) is 4.98 Å². The molecule has 1 saturated carbocycles. The fraction of sp³-hybridized carbons (Fsp3) is 0.448. The number of nitrogens with zero attached hydrogens (tertiary/aromatic N) is 5. The van der Waals surface area contributed by atoms with Crippen LogP contribution in [0.5, 0.6) is 0 Å². The summed E-state index contributed by atoms with van der Waals surface area (Å²) in [4.78, 5) is 36.8. The fourth-order valence-corrected chi connectivity index (χ4v) is 6.23. The van der Waals surface area contributed by atoms with E-state index >= 15 is 0 Å². The molecule has 2 fully saturated rings. The number of rotatable bonds is 5. The lowest BCUT2D eigenvalue weighted by Gasteiger charge is -2.34. The van der Waals surface area contributed by atoms with Gasteiger partial charge in [-0.1, -0.05) is 25.3 Å². The highest BCUT2D eigenvalue weighted by Gasteiger charge is 2.48. The predicted molar refractivity (Wildman–Crippen MR) is 153 cm³/mol. The molecule has 216 valence electrons. The molecule has 5 heterocycles. The van der Waals surface area contributed by atoms with Crippen molar-refractivity contribution in [1.29, 1.82) is 0 Å². The molecule has 1 spiro atoms. The van der Waals surface area contributed by atoms with Gasteiger partial charge in [0.2, 0.25) is 5.82 Å². The molecule has 0 unspecified atom stereocenters. The summed E-state index contributed by atoms with van der Waals surface area (Å²) in [6, 6.07) is 7.57. The van der Waals surface area contributed by atoms with E-state index < -0.39 is 5.54 Å². The van der Waals surface area contributed by atoms with Crippen molar-refractivity contribution in [2.24, 2.45) is 0 Å². The van der Waals surface area contributed by atoms with Crippen LogP contribution in [0.2, 0.25) is 0 Å². The number of hydrogen-bond donors (Lipinski definition) is 4. The van der Waals surface area contributed by atoms with Crippen LogP contribution in [-0.2, 0) is 10.3 Å². The Morgan fingerprint density at radius 3 is 2.41 bits per heavy atom. The van der Waals surface area contributed by atoms with Crippen LogP contribution < -0.4 is 20.7 Å². The molecule has 12 heteroatoms. The minimum atomic E-state index is -0.585. The summed E-state index contributed by atoms with van der Waals surface area (Å²) in [5.41, 5.74) is 2.50. The lowest BCUT2D eigenvalue weighted by atomic mass is 9.79. The third-order valence-electron chi connectivity index (χ3n) is 8.30. The number of likely N-dealkylation sites (tertiary alicyclic amines) is 1. The summed E-state index contributed by atoms with van der Waals surface area (Å²) < 4.78 is 0.879. The highest BCUT2D eigenvalue weighted by molar-refractivity contribution is 6.00. The van der Waals surface area contributed by atoms with Gasteiger partial charge in [0.25, 0.3) is 18.2 Å². The highest BCUT2D eigenvalue weighted by atomic mass is 16.5. The van der Waals surface area contributed by atoms with Gasteiger partial charge in [0.1, 0.15) is 29.2 Å². The molecule has 4 N–H and O–H groups in total. The number of fused-ring (bicyclic) bond motifs is 2. The zero-order valence-corrected chi connectivity index (χ0v) is 23.4. The average molecular weight is 561 g/mol. The second kappa shape index (κ2) is 12.0. The fourth-order valence-electron chi connectivity index (χ4n) is 6.23. The molecule has 1 amide bonds. The lowest BCUT2D eigenvalue weighted by Crippen LogP contribution is -2.49. The first-order valence-corrected chi connectivity index (χ1v) is 14.0. The second-order valence-corrected chi connectivity index (χ2v) is 11.0. The van der Waals surface area contributed by atoms with Crippen LogP contribution in [0.15, 0.2) is 36.8 Å². The van der Waals surface area contributed by atoms with Gasteiger partial charge < -0.3 is 25.8 Å². The van der Waals surface area contributed by atoms with Gasteiger partial charge >= 0.3 is 0 Å². The summed E-state index contributed by atoms with van der Waals surface area (Å²) >= 11 is 0. The number of carboxylic acid groups (broad SMARTS) is 1. The standard InChI is InChI=1S/C28H34N8O2.CH2O2/c1-18-14-24(36(38)26-25(18)27(37)34-28(26)10-4-3-5-11-28)33-23-15-22(30-17-31-23)32-21-7-6-20(16-29-21)19-8-12-35(2)13-9-19;2-1-3/h6-7,14-17,19H,3-5,8-13H2,1-2H3,(H,34,37)(H2,29,30,31,32,33);1H,(H,2,3). The van der Waals surface area contributed by atoms with E-state index in [0.717, 1.165) is 68.3 Å². The SMILES string of the molecule is Cc1cc(Nc2cc(Nc3ccc(C4CCN(C)CC4)cn3)ncn2)[n+]([O-])c2c1C(=O)NC21CCCCC1.O=CO. The minimum absolute atomic E-state index is 0.154. The Kier molecular flexibility index (Phi) is 8.29. The number of anilines is 4. The van der Waals surface area contributed by atoms with E-state index in [2.05, 4.69) is 48.9 Å². The molecule has 41 heavy (non-hydrogen) atoms. The Morgan fingerprint density at radius 1 is 1.07 bits per heavy atom. The van der Waals surface area contributed by atoms with E-state index in [1.807, 2.05) is 19.2 Å². The van der Waals surface area contributed by atoms with Crippen LogP contribution in [0, 0.1) is 12.1 Å². The number of aromatic nitrogens is 4. The highest BCUT2D eigenvalue weighted by Crippen LogP contribution is 2.42. The van der Waals surface area contributed by atoms with Crippen molar-refractivity contribution >= 4 is 35.7 Å². The molecule has 2 aliphatic heterocycles. The van der Waals surface area contributed by atoms with Gasteiger partial charge in [-0.15, -0.1) is 0 Å². The predicted octanol–water partition coefficient (Wildman–Crippen LogP) is 3.71. The van der Waals surface area contributed by atoms with E-state index in [4.69, 9.17) is 9.90 Å². The first-order valence-electron chi connectivity index (χ1n) is 14.0. The molecule has 12 nitrogen and oxygen atoms in total. The molecule has 0 aromatic carbocycles. The van der Waals surface area contributed by atoms with Crippen LogP contribution >= 0.6 is 0 Å². The zero-order chi connectivity index (χ0) is 29.0. The van der Waals surface area contributed by atoms with Gasteiger partial charge in [-0.05, 0) is 75.9 Å². The Hall–Kier alpha value is -4.32. The van der Waals surface area contributed by atoms with Crippen molar-refractivity contribution in [3.05, 3.63) is 64.4 Å². The monoisotopic (exact) mass is 560 g/mol. The Morgan fingerprint density at radius 2 is 1.76 bits per heavy atom. The maximum atomic E-state index is 13.6. The molecular formula is C29H36N8O4. The molecule has 3 aliphatic rings. The third-order valence-corrected chi connectivity index (χ3v) is 8.30. The number of carbonyl (C=O) groups is 2. The van der Waals surface area contributed by atoms with E-state index in [1.54, 1.807) is 12.1 Å². The Balaban J connectivity index is 0.00000108. The molecule has 0 bridgehead atoms. The van der Waals surface area contributed by atoms with Crippen molar-refractivity contribution in [2.75, 3.05) is 30.8 Å². The smallest absolute Gasteiger partial charge is 0.290 e. The summed E-state index contributed by atoms with van der Waals surface area (Å²) in [7, 11) is 2.17. The zero-order valence-electron chi connectivity index (χ0n) is 23.4. The average Bonchev–Trinajstić information content (AvgIpc) is 3.25. The van der Waals surface area contributed by atoms with Gasteiger partial charge in [0, 0.05) is 18.3 Å². The first kappa shape index (κ1) is 28.2. The molecule has 3 aromatic rings. The molecule has 6 rings (SSSR count). The normalized spacial score (nSPS) is 18.1. The summed E-state index contributed by atoms with van der Waals surface area (Å²) in [6.45, 7) is 3.85. The van der Waals surface area contributed by atoms with Crippen molar-refractivity contribution in [1.82, 2.24) is 25.2 Å². The molecule has 0 radical (unpaired) electrons. The van der Waals surface area contributed by atoms with Crippen LogP contribution in [0.3, 0.4) is 0 Å². The number of carbonyl (C=O) groups excluding carboxylic acids is 1. The van der Waals surface area contributed by atoms with Crippen molar-refractivity contribution < 1.29 is 19.4 Å².